The first-order chi connectivity index (χ1) is 20.1. The number of anilines is 1. The predicted octanol–water partition coefficient (Wildman–Crippen LogP) is 4.59. The zero-order valence-corrected chi connectivity index (χ0v) is 22.4. The highest BCUT2D eigenvalue weighted by atomic mass is 35.5. The van der Waals surface area contributed by atoms with Gasteiger partial charge in [-0.25, -0.2) is 13.2 Å². The van der Waals surface area contributed by atoms with E-state index < -0.39 is 46.8 Å². The van der Waals surface area contributed by atoms with Crippen LogP contribution >= 0.6 is 11.6 Å². The minimum absolute atomic E-state index is 0.0124. The molecule has 0 aliphatic carbocycles. The number of carbonyl (C=O) groups excluding carboxylic acids is 3. The molecule has 0 bridgehead atoms. The molecular formula is C30H21ClF3N5O3. The summed E-state index contributed by atoms with van der Waals surface area (Å²) in [5.74, 6) is -4.00. The topological polar surface area (TPSA) is 118 Å². The Morgan fingerprint density at radius 3 is 2.60 bits per heavy atom. The van der Waals surface area contributed by atoms with E-state index in [2.05, 4.69) is 21.7 Å². The molecule has 12 heteroatoms. The van der Waals surface area contributed by atoms with Gasteiger partial charge in [0, 0.05) is 41.5 Å². The van der Waals surface area contributed by atoms with Gasteiger partial charge in [-0.15, -0.1) is 0 Å². The van der Waals surface area contributed by atoms with Crippen LogP contribution in [0, 0.1) is 28.8 Å². The molecule has 3 amide bonds. The van der Waals surface area contributed by atoms with Gasteiger partial charge in [0.15, 0.2) is 0 Å². The lowest BCUT2D eigenvalue weighted by molar-refractivity contribution is -0.133. The summed E-state index contributed by atoms with van der Waals surface area (Å²) in [6.45, 7) is -0.143. The summed E-state index contributed by atoms with van der Waals surface area (Å²) in [5.41, 5.74) is 0.322. The van der Waals surface area contributed by atoms with Gasteiger partial charge < -0.3 is 20.5 Å². The summed E-state index contributed by atoms with van der Waals surface area (Å²) in [6.07, 6.45) is -0.0666. The number of likely N-dealkylation sites (tertiary alicyclic amines) is 1. The van der Waals surface area contributed by atoms with Crippen LogP contribution < -0.4 is 10.6 Å². The number of amides is 3. The van der Waals surface area contributed by atoms with E-state index in [-0.39, 0.29) is 41.9 Å². The van der Waals surface area contributed by atoms with E-state index in [1.165, 1.54) is 35.2 Å². The van der Waals surface area contributed by atoms with Crippen molar-refractivity contribution in [3.63, 3.8) is 0 Å². The average molecular weight is 592 g/mol. The molecule has 1 spiro atoms. The third-order valence-electron chi connectivity index (χ3n) is 7.82. The summed E-state index contributed by atoms with van der Waals surface area (Å²) >= 11 is 6.21. The lowest BCUT2D eigenvalue weighted by atomic mass is 9.80. The number of benzene rings is 3. The zero-order valence-electron chi connectivity index (χ0n) is 21.7. The standard InChI is InChI=1S/C30H21ClF3N5O3/c31-16-3-6-23-21(8-16)30(29(42)38-23)12-19(13-35)39(14-30)28(41)26(7-15-1-4-17(32)5-2-15)37-27(40)25-11-20-22(34)9-18(33)10-24(20)36-25/h1-6,8-11,19,26,36H,7,12,14H2,(H,37,40)(H,38,42)/t19-,26-,30-/m0/s1. The van der Waals surface area contributed by atoms with E-state index in [9.17, 15) is 32.8 Å². The number of carbonyl (C=O) groups is 3. The van der Waals surface area contributed by atoms with Gasteiger partial charge in [0.2, 0.25) is 11.8 Å². The Hall–Kier alpha value is -4.82. The molecule has 1 fully saturated rings. The van der Waals surface area contributed by atoms with E-state index in [1.54, 1.807) is 18.2 Å². The zero-order chi connectivity index (χ0) is 29.8. The molecule has 8 nitrogen and oxygen atoms in total. The molecule has 2 aliphatic rings. The third kappa shape index (κ3) is 4.63. The van der Waals surface area contributed by atoms with Crippen LogP contribution in [-0.4, -0.2) is 46.2 Å². The lowest BCUT2D eigenvalue weighted by Crippen LogP contribution is -2.51. The first-order valence-corrected chi connectivity index (χ1v) is 13.3. The number of fused-ring (bicyclic) bond motifs is 3. The molecule has 1 aromatic heterocycles. The second-order valence-corrected chi connectivity index (χ2v) is 10.9. The second-order valence-electron chi connectivity index (χ2n) is 10.4. The number of nitrogens with zero attached hydrogens (tertiary/aromatic N) is 2. The van der Waals surface area contributed by atoms with Gasteiger partial charge in [0.1, 0.15) is 35.2 Å². The van der Waals surface area contributed by atoms with Crippen molar-refractivity contribution in [2.45, 2.75) is 30.3 Å². The first-order valence-electron chi connectivity index (χ1n) is 12.9. The normalized spacial score (nSPS) is 19.9. The van der Waals surface area contributed by atoms with Crippen molar-refractivity contribution in [3.8, 4) is 6.07 Å². The molecule has 42 heavy (non-hydrogen) atoms. The van der Waals surface area contributed by atoms with Crippen molar-refractivity contribution in [2.75, 3.05) is 11.9 Å². The molecule has 0 unspecified atom stereocenters. The van der Waals surface area contributed by atoms with E-state index in [1.807, 2.05) is 0 Å². The van der Waals surface area contributed by atoms with Crippen LogP contribution in [0.4, 0.5) is 18.9 Å². The minimum atomic E-state index is -1.26. The van der Waals surface area contributed by atoms with Crippen LogP contribution in [0.15, 0.2) is 60.7 Å². The fourth-order valence-electron chi connectivity index (χ4n) is 5.77. The Morgan fingerprint density at radius 2 is 1.86 bits per heavy atom. The minimum Gasteiger partial charge on any atom is -0.350 e. The van der Waals surface area contributed by atoms with Crippen molar-refractivity contribution < 1.29 is 27.6 Å². The smallest absolute Gasteiger partial charge is 0.268 e. The van der Waals surface area contributed by atoms with Crippen LogP contribution in [-0.2, 0) is 21.4 Å². The summed E-state index contributed by atoms with van der Waals surface area (Å²) < 4.78 is 41.6. The molecule has 3 N–H and O–H groups in total. The fraction of sp³-hybridized carbons (Fsp3) is 0.200. The number of hydrogen-bond acceptors (Lipinski definition) is 4. The molecular weight excluding hydrogens is 571 g/mol. The highest BCUT2D eigenvalue weighted by molar-refractivity contribution is 6.31. The van der Waals surface area contributed by atoms with E-state index in [0.29, 0.717) is 27.9 Å². The molecule has 0 saturated carbocycles. The Bertz CT molecular complexity index is 1820. The number of aromatic amines is 1. The summed E-state index contributed by atoms with van der Waals surface area (Å²) in [4.78, 5) is 44.5. The molecule has 3 atom stereocenters. The Kier molecular flexibility index (Phi) is 6.66. The summed E-state index contributed by atoms with van der Waals surface area (Å²) in [5, 5.41) is 15.8. The van der Waals surface area contributed by atoms with Gasteiger partial charge in [-0.2, -0.15) is 5.26 Å². The van der Waals surface area contributed by atoms with Crippen LogP contribution in [0.3, 0.4) is 0 Å². The van der Waals surface area contributed by atoms with Crippen LogP contribution in [0.5, 0.6) is 0 Å². The molecule has 3 heterocycles. The van der Waals surface area contributed by atoms with Gasteiger partial charge in [-0.3, -0.25) is 14.4 Å². The molecule has 212 valence electrons. The van der Waals surface area contributed by atoms with E-state index in [4.69, 9.17) is 11.6 Å². The Labute approximate surface area is 242 Å². The number of rotatable bonds is 5. The number of aromatic nitrogens is 1. The lowest BCUT2D eigenvalue weighted by Gasteiger charge is -2.27. The largest absolute Gasteiger partial charge is 0.350 e. The van der Waals surface area contributed by atoms with E-state index in [0.717, 1.165) is 6.07 Å². The predicted molar refractivity (Wildman–Crippen MR) is 147 cm³/mol. The molecule has 0 radical (unpaired) electrons. The Balaban J connectivity index is 1.33. The van der Waals surface area contributed by atoms with Crippen molar-refractivity contribution in [2.24, 2.45) is 0 Å². The number of hydrogen-bond donors (Lipinski definition) is 3. The van der Waals surface area contributed by atoms with Crippen molar-refractivity contribution >= 4 is 45.9 Å². The summed E-state index contributed by atoms with van der Waals surface area (Å²) in [7, 11) is 0. The van der Waals surface area contributed by atoms with Crippen LogP contribution in [0.1, 0.15) is 28.0 Å². The molecule has 1 saturated heterocycles. The number of nitrogens with one attached hydrogen (secondary N) is 3. The van der Waals surface area contributed by atoms with Gasteiger partial charge in [-0.05, 0) is 53.6 Å². The van der Waals surface area contributed by atoms with E-state index >= 15 is 0 Å². The molecule has 4 aromatic rings. The quantitative estimate of drug-likeness (QED) is 0.314. The molecule has 6 rings (SSSR count). The molecule has 2 aliphatic heterocycles. The number of H-pyrrole nitrogens is 1. The maximum Gasteiger partial charge on any atom is 0.268 e. The average Bonchev–Trinajstić information content (AvgIpc) is 3.64. The van der Waals surface area contributed by atoms with Gasteiger partial charge >= 0.3 is 0 Å². The highest BCUT2D eigenvalue weighted by Gasteiger charge is 2.56. The summed E-state index contributed by atoms with van der Waals surface area (Å²) in [6, 6.07) is 13.0. The van der Waals surface area contributed by atoms with Gasteiger partial charge in [-0.1, -0.05) is 23.7 Å². The SMILES string of the molecule is N#C[C@@H]1C[C@@]2(CN1C(=O)[C@H](Cc1ccc(F)cc1)NC(=O)c1cc3c(F)cc(F)cc3[nH]1)C(=O)Nc1ccc(Cl)cc12. The number of nitriles is 1. The van der Waals surface area contributed by atoms with Crippen molar-refractivity contribution in [1.82, 2.24) is 15.2 Å². The molecule has 3 aromatic carbocycles. The maximum absolute atomic E-state index is 14.3. The monoisotopic (exact) mass is 591 g/mol. The maximum atomic E-state index is 14.3. The first kappa shape index (κ1) is 27.4. The number of halogens is 4. The van der Waals surface area contributed by atoms with Gasteiger partial charge in [0.05, 0.1) is 17.0 Å². The van der Waals surface area contributed by atoms with Crippen LogP contribution in [0.2, 0.25) is 5.02 Å². The van der Waals surface area contributed by atoms with Crippen LogP contribution in [0.25, 0.3) is 10.9 Å². The van der Waals surface area contributed by atoms with Crippen molar-refractivity contribution in [3.05, 3.63) is 100.0 Å². The second kappa shape index (κ2) is 10.2. The highest BCUT2D eigenvalue weighted by Crippen LogP contribution is 2.47. The van der Waals surface area contributed by atoms with Gasteiger partial charge in [0.25, 0.3) is 5.91 Å². The third-order valence-corrected chi connectivity index (χ3v) is 8.06. The fourth-order valence-corrected chi connectivity index (χ4v) is 5.95. The Morgan fingerprint density at radius 1 is 1.10 bits per heavy atom. The van der Waals surface area contributed by atoms with Crippen molar-refractivity contribution in [1.29, 1.82) is 5.26 Å².